The van der Waals surface area contributed by atoms with Crippen LogP contribution in [0.5, 0.6) is 0 Å². The van der Waals surface area contributed by atoms with E-state index < -0.39 is 0 Å². The normalized spacial score (nSPS) is 16.6. The molecule has 0 unspecified atom stereocenters. The highest BCUT2D eigenvalue weighted by Gasteiger charge is 2.43. The van der Waals surface area contributed by atoms with Crippen molar-refractivity contribution in [2.75, 3.05) is 18.0 Å². The summed E-state index contributed by atoms with van der Waals surface area (Å²) in [5, 5.41) is 0.846. The van der Waals surface area contributed by atoms with E-state index in [0.29, 0.717) is 40.0 Å². The lowest BCUT2D eigenvalue weighted by Gasteiger charge is -2.22. The predicted octanol–water partition coefficient (Wildman–Crippen LogP) is 4.79. The van der Waals surface area contributed by atoms with Crippen LogP contribution < -0.4 is 4.90 Å². The van der Waals surface area contributed by atoms with Crippen LogP contribution in [0.15, 0.2) is 48.2 Å². The number of amides is 2. The van der Waals surface area contributed by atoms with Crippen molar-refractivity contribution in [3.63, 3.8) is 0 Å². The van der Waals surface area contributed by atoms with Gasteiger partial charge in [-0.05, 0) is 36.1 Å². The Bertz CT molecular complexity index is 1010. The minimum atomic E-state index is -0.303. The zero-order chi connectivity index (χ0) is 20.0. The zero-order valence-electron chi connectivity index (χ0n) is 15.7. The van der Waals surface area contributed by atoms with Gasteiger partial charge in [0.2, 0.25) is 0 Å². The highest BCUT2D eigenvalue weighted by Crippen LogP contribution is 2.40. The molecule has 0 spiro atoms. The number of nitrogens with zero attached hydrogens (tertiary/aromatic N) is 2. The smallest absolute Gasteiger partial charge is 0.278 e. The molecule has 0 aliphatic carbocycles. The van der Waals surface area contributed by atoms with Crippen molar-refractivity contribution < 1.29 is 9.59 Å². The molecule has 0 saturated carbocycles. The van der Waals surface area contributed by atoms with E-state index in [9.17, 15) is 9.59 Å². The molecule has 2 aromatic rings. The van der Waals surface area contributed by atoms with Crippen LogP contribution in [0.4, 0.5) is 5.69 Å². The summed E-state index contributed by atoms with van der Waals surface area (Å²) in [5.74, 6) is -0.404. The van der Waals surface area contributed by atoms with Crippen LogP contribution >= 0.6 is 23.2 Å². The van der Waals surface area contributed by atoms with Crippen LogP contribution in [-0.4, -0.2) is 29.8 Å². The van der Waals surface area contributed by atoms with Crippen molar-refractivity contribution in [2.24, 2.45) is 5.92 Å². The van der Waals surface area contributed by atoms with Crippen molar-refractivity contribution in [3.05, 3.63) is 69.3 Å². The van der Waals surface area contributed by atoms with Gasteiger partial charge >= 0.3 is 0 Å². The van der Waals surface area contributed by atoms with E-state index in [2.05, 4.69) is 6.07 Å². The van der Waals surface area contributed by atoms with Crippen molar-refractivity contribution in [1.29, 1.82) is 0 Å². The first kappa shape index (κ1) is 19.0. The summed E-state index contributed by atoms with van der Waals surface area (Å²) < 4.78 is 0. The topological polar surface area (TPSA) is 40.6 Å². The summed E-state index contributed by atoms with van der Waals surface area (Å²) in [6.45, 7) is 4.99. The van der Waals surface area contributed by atoms with Gasteiger partial charge in [-0.25, -0.2) is 0 Å². The molecule has 4 nitrogen and oxygen atoms in total. The Hall–Kier alpha value is -2.30. The number of rotatable bonds is 4. The lowest BCUT2D eigenvalue weighted by Crippen LogP contribution is -2.37. The monoisotopic (exact) mass is 414 g/mol. The van der Waals surface area contributed by atoms with Crippen LogP contribution in [0.3, 0.4) is 0 Å². The summed E-state index contributed by atoms with van der Waals surface area (Å²) in [4.78, 5) is 29.9. The van der Waals surface area contributed by atoms with Crippen LogP contribution in [0.25, 0.3) is 5.57 Å². The molecule has 0 atom stereocenters. The van der Waals surface area contributed by atoms with Crippen LogP contribution in [0.1, 0.15) is 25.0 Å². The molecule has 0 N–H and O–H groups in total. The van der Waals surface area contributed by atoms with Gasteiger partial charge in [-0.15, -0.1) is 0 Å². The molecule has 2 amide bonds. The predicted molar refractivity (Wildman–Crippen MR) is 112 cm³/mol. The molecule has 2 heterocycles. The maximum atomic E-state index is 13.3. The number of para-hydroxylation sites is 1. The summed E-state index contributed by atoms with van der Waals surface area (Å²) in [7, 11) is 0. The second kappa shape index (κ2) is 7.26. The number of benzene rings is 2. The fourth-order valence-corrected chi connectivity index (χ4v) is 4.35. The third kappa shape index (κ3) is 3.11. The van der Waals surface area contributed by atoms with Gasteiger partial charge in [-0.1, -0.05) is 61.3 Å². The first-order valence-corrected chi connectivity index (χ1v) is 10.1. The van der Waals surface area contributed by atoms with Gasteiger partial charge in [-0.3, -0.25) is 14.5 Å². The van der Waals surface area contributed by atoms with Crippen molar-refractivity contribution in [3.8, 4) is 0 Å². The maximum absolute atomic E-state index is 13.3. The first-order valence-electron chi connectivity index (χ1n) is 9.29. The van der Waals surface area contributed by atoms with Gasteiger partial charge in [0.25, 0.3) is 11.8 Å². The highest BCUT2D eigenvalue weighted by molar-refractivity contribution is 6.41. The average molecular weight is 415 g/mol. The molecule has 4 rings (SSSR count). The van der Waals surface area contributed by atoms with Crippen molar-refractivity contribution in [2.45, 2.75) is 20.3 Å². The molecule has 2 aliphatic rings. The lowest BCUT2D eigenvalue weighted by atomic mass is 10.0. The maximum Gasteiger partial charge on any atom is 0.278 e. The molecule has 2 aromatic carbocycles. The number of imide groups is 1. The fourth-order valence-electron chi connectivity index (χ4n) is 3.85. The Morgan fingerprint density at radius 3 is 2.50 bits per heavy atom. The largest absolute Gasteiger partial charge is 0.336 e. The van der Waals surface area contributed by atoms with E-state index >= 15 is 0 Å². The molecule has 28 heavy (non-hydrogen) atoms. The third-order valence-electron chi connectivity index (χ3n) is 5.05. The summed E-state index contributed by atoms with van der Waals surface area (Å²) in [5.41, 5.74) is 3.42. The summed E-state index contributed by atoms with van der Waals surface area (Å²) >= 11 is 12.5. The molecule has 0 radical (unpaired) electrons. The lowest BCUT2D eigenvalue weighted by molar-refractivity contribution is -0.137. The van der Waals surface area contributed by atoms with Crippen LogP contribution in [-0.2, 0) is 16.0 Å². The van der Waals surface area contributed by atoms with Crippen LogP contribution in [0.2, 0.25) is 10.0 Å². The van der Waals surface area contributed by atoms with E-state index in [0.717, 1.165) is 12.1 Å². The molecule has 0 saturated heterocycles. The number of carbonyl (C=O) groups excluding carboxylic acids is 2. The summed E-state index contributed by atoms with van der Waals surface area (Å²) in [6.07, 6.45) is 0.826. The molecular formula is C22H20Cl2N2O2. The number of anilines is 1. The number of carbonyl (C=O) groups is 2. The standard InChI is InChI=1S/C22H20Cl2N2O2/c1-13(2)12-26-21(27)19(16-8-7-15(23)11-17(16)24)20(22(26)28)25-10-9-14-5-3-4-6-18(14)25/h3-8,11,13H,9-10,12H2,1-2H3. The fraction of sp³-hybridized carbons (Fsp3) is 0.273. The minimum Gasteiger partial charge on any atom is -0.336 e. The first-order chi connectivity index (χ1) is 13.4. The van der Waals surface area contributed by atoms with E-state index in [1.165, 1.54) is 10.5 Å². The van der Waals surface area contributed by atoms with Crippen molar-refractivity contribution >= 4 is 46.3 Å². The van der Waals surface area contributed by atoms with Gasteiger partial charge in [-0.2, -0.15) is 0 Å². The quantitative estimate of drug-likeness (QED) is 0.675. The molecule has 6 heteroatoms. The number of fused-ring (bicyclic) bond motifs is 1. The SMILES string of the molecule is CC(C)CN1C(=O)C(c2ccc(Cl)cc2Cl)=C(N2CCc3ccccc32)C1=O. The van der Waals surface area contributed by atoms with Gasteiger partial charge < -0.3 is 4.90 Å². The number of hydrogen-bond donors (Lipinski definition) is 0. The Balaban J connectivity index is 1.90. The number of hydrogen-bond acceptors (Lipinski definition) is 3. The third-order valence-corrected chi connectivity index (χ3v) is 5.60. The van der Waals surface area contributed by atoms with Gasteiger partial charge in [0.1, 0.15) is 5.70 Å². The Morgan fingerprint density at radius 1 is 1.04 bits per heavy atom. The van der Waals surface area contributed by atoms with Crippen molar-refractivity contribution in [1.82, 2.24) is 4.90 Å². The second-order valence-electron chi connectivity index (χ2n) is 7.49. The van der Waals surface area contributed by atoms with E-state index in [1.807, 2.05) is 36.9 Å². The van der Waals surface area contributed by atoms with Gasteiger partial charge in [0, 0.05) is 29.4 Å². The van der Waals surface area contributed by atoms with Gasteiger partial charge in [0.15, 0.2) is 0 Å². The van der Waals surface area contributed by atoms with E-state index in [4.69, 9.17) is 23.2 Å². The van der Waals surface area contributed by atoms with Crippen LogP contribution in [0, 0.1) is 5.92 Å². The number of halogens is 2. The second-order valence-corrected chi connectivity index (χ2v) is 8.34. The molecule has 0 bridgehead atoms. The molecule has 144 valence electrons. The van der Waals surface area contributed by atoms with E-state index in [1.54, 1.807) is 18.2 Å². The molecule has 0 aromatic heterocycles. The Morgan fingerprint density at radius 2 is 1.79 bits per heavy atom. The molecular weight excluding hydrogens is 395 g/mol. The molecule has 2 aliphatic heterocycles. The Kier molecular flexibility index (Phi) is 4.94. The zero-order valence-corrected chi connectivity index (χ0v) is 17.2. The minimum absolute atomic E-state index is 0.167. The highest BCUT2D eigenvalue weighted by atomic mass is 35.5. The Labute approximate surface area is 174 Å². The average Bonchev–Trinajstić information content (AvgIpc) is 3.16. The van der Waals surface area contributed by atoms with E-state index in [-0.39, 0.29) is 17.7 Å². The van der Waals surface area contributed by atoms with Gasteiger partial charge in [0.05, 0.1) is 10.6 Å². The summed E-state index contributed by atoms with van der Waals surface area (Å²) in [6, 6.07) is 13.0. The molecule has 0 fully saturated rings.